The number of phenolic OH excluding ortho intramolecular Hbond substituents is 2. The monoisotopic (exact) mass is 457 g/mol. The van der Waals surface area contributed by atoms with E-state index < -0.39 is 6.04 Å². The van der Waals surface area contributed by atoms with Crippen LogP contribution in [-0.4, -0.2) is 28.2 Å². The Morgan fingerprint density at radius 2 is 1.50 bits per heavy atom. The number of aromatic hydroxyl groups is 2. The molecule has 176 valence electrons. The zero-order chi connectivity index (χ0) is 24.1. The van der Waals surface area contributed by atoms with Gasteiger partial charge in [-0.1, -0.05) is 42.8 Å². The quantitative estimate of drug-likeness (QED) is 0.360. The van der Waals surface area contributed by atoms with Gasteiger partial charge in [-0.2, -0.15) is 0 Å². The molecule has 1 unspecified atom stereocenters. The van der Waals surface area contributed by atoms with Crippen molar-refractivity contribution in [2.24, 2.45) is 0 Å². The highest BCUT2D eigenvalue weighted by Crippen LogP contribution is 2.44. The van der Waals surface area contributed by atoms with Crippen LogP contribution in [0.15, 0.2) is 79.9 Å². The largest absolute Gasteiger partial charge is 0.507 e. The topological polar surface area (TPSA) is 43.7 Å². The molecule has 4 rings (SSSR count). The van der Waals surface area contributed by atoms with Crippen molar-refractivity contribution >= 4 is 0 Å². The molecule has 34 heavy (non-hydrogen) atoms. The van der Waals surface area contributed by atoms with Gasteiger partial charge in [0.1, 0.15) is 17.3 Å². The zero-order valence-electron chi connectivity index (χ0n) is 19.5. The lowest BCUT2D eigenvalue weighted by Gasteiger charge is -2.36. The summed E-state index contributed by atoms with van der Waals surface area (Å²) in [6, 6.07) is 15.6. The van der Waals surface area contributed by atoms with Crippen LogP contribution in [0.1, 0.15) is 47.6 Å². The number of piperidine rings is 1. The molecule has 1 aliphatic rings. The maximum atomic E-state index is 15.1. The van der Waals surface area contributed by atoms with Crippen LogP contribution in [0.5, 0.6) is 11.5 Å². The first-order valence-corrected chi connectivity index (χ1v) is 11.9. The Hall–Kier alpha value is -3.37. The molecule has 0 spiro atoms. The van der Waals surface area contributed by atoms with Crippen molar-refractivity contribution in [1.29, 1.82) is 0 Å². The molecule has 1 aliphatic heterocycles. The van der Waals surface area contributed by atoms with E-state index in [1.807, 2.05) is 36.4 Å². The van der Waals surface area contributed by atoms with Gasteiger partial charge in [0.25, 0.3) is 0 Å². The third-order valence-electron chi connectivity index (χ3n) is 6.56. The molecule has 0 saturated carbocycles. The van der Waals surface area contributed by atoms with Crippen molar-refractivity contribution in [3.05, 3.63) is 108 Å². The van der Waals surface area contributed by atoms with Crippen LogP contribution in [0.3, 0.4) is 0 Å². The smallest absolute Gasteiger partial charge is 0.128 e. The molecule has 0 radical (unpaired) electrons. The molecular weight excluding hydrogens is 425 g/mol. The van der Waals surface area contributed by atoms with E-state index in [0.717, 1.165) is 43.5 Å². The van der Waals surface area contributed by atoms with Crippen molar-refractivity contribution in [2.75, 3.05) is 13.1 Å². The first kappa shape index (κ1) is 23.8. The summed E-state index contributed by atoms with van der Waals surface area (Å²) in [4.78, 5) is 2.26. The summed E-state index contributed by atoms with van der Waals surface area (Å²) in [7, 11) is 0. The van der Waals surface area contributed by atoms with E-state index in [9.17, 15) is 10.2 Å². The second kappa shape index (κ2) is 10.7. The molecular formula is C30H32FNO2. The maximum Gasteiger partial charge on any atom is 0.128 e. The Balaban J connectivity index is 1.95. The van der Waals surface area contributed by atoms with Gasteiger partial charge in [0.15, 0.2) is 0 Å². The summed E-state index contributed by atoms with van der Waals surface area (Å²) in [5.74, 6) is -0.133. The summed E-state index contributed by atoms with van der Waals surface area (Å²) in [5.41, 5.74) is 4.22. The lowest BCUT2D eigenvalue weighted by Crippen LogP contribution is -2.35. The standard InChI is InChI=1S/C30H32FNO2/c1-3-10-21-14-15-28(33)24(18-21)25-19-22(11-4-2)20-26(30(25)34)29(32-16-8-5-9-17-32)23-12-6-7-13-27(23)31/h3-4,6-7,12-15,18-20,29,33-34H,1-2,5,8-11,16-17H2. The molecule has 3 aromatic rings. The molecule has 3 nitrogen and oxygen atoms in total. The molecule has 1 saturated heterocycles. The van der Waals surface area contributed by atoms with Gasteiger partial charge in [-0.05, 0) is 80.2 Å². The van der Waals surface area contributed by atoms with Crippen molar-refractivity contribution in [2.45, 2.75) is 38.1 Å². The fourth-order valence-corrected chi connectivity index (χ4v) is 4.94. The number of hydrogen-bond acceptors (Lipinski definition) is 3. The number of rotatable bonds is 8. The van der Waals surface area contributed by atoms with Gasteiger partial charge in [-0.3, -0.25) is 4.90 Å². The minimum absolute atomic E-state index is 0.0673. The van der Waals surface area contributed by atoms with Crippen molar-refractivity contribution in [3.8, 4) is 22.6 Å². The minimum atomic E-state index is -0.427. The van der Waals surface area contributed by atoms with E-state index in [4.69, 9.17) is 0 Å². The molecule has 1 atom stereocenters. The van der Waals surface area contributed by atoms with Crippen molar-refractivity contribution in [1.82, 2.24) is 4.90 Å². The Bertz CT molecular complexity index is 1180. The summed E-state index contributed by atoms with van der Waals surface area (Å²) in [6.07, 6.45) is 8.09. The fraction of sp³-hybridized carbons (Fsp3) is 0.267. The number of benzene rings is 3. The summed E-state index contributed by atoms with van der Waals surface area (Å²) in [6.45, 7) is 9.35. The highest BCUT2D eigenvalue weighted by atomic mass is 19.1. The van der Waals surface area contributed by atoms with E-state index in [0.29, 0.717) is 35.1 Å². The van der Waals surface area contributed by atoms with Crippen LogP contribution in [0.2, 0.25) is 0 Å². The molecule has 0 aliphatic carbocycles. The Labute approximate surface area is 201 Å². The number of nitrogens with zero attached hydrogens (tertiary/aromatic N) is 1. The molecule has 0 bridgehead atoms. The zero-order valence-corrected chi connectivity index (χ0v) is 19.5. The fourth-order valence-electron chi connectivity index (χ4n) is 4.94. The van der Waals surface area contributed by atoms with Crippen molar-refractivity contribution < 1.29 is 14.6 Å². The van der Waals surface area contributed by atoms with E-state index in [1.54, 1.807) is 24.3 Å². The number of allylic oxidation sites excluding steroid dienone is 2. The third-order valence-corrected chi connectivity index (χ3v) is 6.56. The summed E-state index contributed by atoms with van der Waals surface area (Å²) < 4.78 is 15.1. The molecule has 0 amide bonds. The van der Waals surface area contributed by atoms with Gasteiger partial charge in [-0.15, -0.1) is 13.2 Å². The van der Waals surface area contributed by atoms with Gasteiger partial charge < -0.3 is 10.2 Å². The van der Waals surface area contributed by atoms with Crippen LogP contribution in [-0.2, 0) is 12.8 Å². The molecule has 3 aromatic carbocycles. The number of likely N-dealkylation sites (tertiary alicyclic amines) is 1. The Kier molecular flexibility index (Phi) is 7.49. The van der Waals surface area contributed by atoms with Gasteiger partial charge in [0, 0.05) is 22.3 Å². The lowest BCUT2D eigenvalue weighted by molar-refractivity contribution is 0.182. The molecule has 1 heterocycles. The van der Waals surface area contributed by atoms with Crippen LogP contribution < -0.4 is 0 Å². The first-order chi connectivity index (χ1) is 16.5. The van der Waals surface area contributed by atoms with Gasteiger partial charge in [0.2, 0.25) is 0 Å². The predicted octanol–water partition coefficient (Wildman–Crippen LogP) is 6.94. The second-order valence-corrected chi connectivity index (χ2v) is 8.94. The lowest BCUT2D eigenvalue weighted by atomic mass is 9.88. The number of phenols is 2. The van der Waals surface area contributed by atoms with Crippen LogP contribution in [0.4, 0.5) is 4.39 Å². The van der Waals surface area contributed by atoms with Crippen LogP contribution in [0, 0.1) is 5.82 Å². The highest BCUT2D eigenvalue weighted by molar-refractivity contribution is 5.78. The molecule has 0 aromatic heterocycles. The van der Waals surface area contributed by atoms with Gasteiger partial charge in [-0.25, -0.2) is 4.39 Å². The van der Waals surface area contributed by atoms with Gasteiger partial charge >= 0.3 is 0 Å². The summed E-state index contributed by atoms with van der Waals surface area (Å²) in [5, 5.41) is 22.3. The Morgan fingerprint density at radius 3 is 2.21 bits per heavy atom. The average Bonchev–Trinajstić information content (AvgIpc) is 2.84. The van der Waals surface area contributed by atoms with E-state index in [2.05, 4.69) is 18.1 Å². The van der Waals surface area contributed by atoms with Crippen molar-refractivity contribution in [3.63, 3.8) is 0 Å². The first-order valence-electron chi connectivity index (χ1n) is 11.9. The number of halogens is 1. The molecule has 1 fully saturated rings. The molecule has 4 heteroatoms. The summed E-state index contributed by atoms with van der Waals surface area (Å²) >= 11 is 0. The third kappa shape index (κ3) is 4.92. The van der Waals surface area contributed by atoms with Crippen LogP contribution in [0.25, 0.3) is 11.1 Å². The minimum Gasteiger partial charge on any atom is -0.507 e. The second-order valence-electron chi connectivity index (χ2n) is 8.94. The average molecular weight is 458 g/mol. The van der Waals surface area contributed by atoms with Gasteiger partial charge in [0.05, 0.1) is 6.04 Å². The van der Waals surface area contributed by atoms with Crippen LogP contribution >= 0.6 is 0 Å². The normalized spacial score (nSPS) is 15.1. The number of hydrogen-bond donors (Lipinski definition) is 2. The maximum absolute atomic E-state index is 15.1. The molecule has 2 N–H and O–H groups in total. The highest BCUT2D eigenvalue weighted by Gasteiger charge is 2.30. The van der Waals surface area contributed by atoms with E-state index in [-0.39, 0.29) is 17.3 Å². The SMILES string of the molecule is C=CCc1ccc(O)c(-c2cc(CC=C)cc(C(c3ccccc3F)N3CCCCC3)c2O)c1. The predicted molar refractivity (Wildman–Crippen MR) is 137 cm³/mol. The van der Waals surface area contributed by atoms with E-state index >= 15 is 4.39 Å². The van der Waals surface area contributed by atoms with E-state index in [1.165, 1.54) is 6.07 Å². The Morgan fingerprint density at radius 1 is 0.824 bits per heavy atom.